The lowest BCUT2D eigenvalue weighted by Crippen LogP contribution is -2.49. The van der Waals surface area contributed by atoms with Gasteiger partial charge in [-0.1, -0.05) is 58.5 Å². The average molecular weight is 448 g/mol. The van der Waals surface area contributed by atoms with Crippen molar-refractivity contribution in [2.45, 2.75) is 6.54 Å². The van der Waals surface area contributed by atoms with E-state index in [0.29, 0.717) is 23.9 Å². The molecule has 0 spiro atoms. The third kappa shape index (κ3) is 5.43. The summed E-state index contributed by atoms with van der Waals surface area (Å²) >= 11 is 23.9. The number of rotatable bonds is 5. The molecule has 8 heteroatoms. The molecule has 2 aromatic carbocycles. The summed E-state index contributed by atoms with van der Waals surface area (Å²) in [6.45, 7) is 3.68. The lowest BCUT2D eigenvalue weighted by molar-refractivity contribution is -0.135. The van der Waals surface area contributed by atoms with Crippen molar-refractivity contribution in [3.8, 4) is 5.75 Å². The molecule has 0 radical (unpaired) electrons. The van der Waals surface area contributed by atoms with Gasteiger partial charge in [0.1, 0.15) is 10.8 Å². The van der Waals surface area contributed by atoms with E-state index in [1.54, 1.807) is 17.0 Å². The average Bonchev–Trinajstić information content (AvgIpc) is 2.68. The molecule has 144 valence electrons. The highest BCUT2D eigenvalue weighted by molar-refractivity contribution is 6.48. The molecular weight excluding hydrogens is 430 g/mol. The van der Waals surface area contributed by atoms with Crippen molar-refractivity contribution >= 4 is 52.3 Å². The van der Waals surface area contributed by atoms with Crippen LogP contribution in [0.4, 0.5) is 0 Å². The molecule has 0 aromatic heterocycles. The smallest absolute Gasteiger partial charge is 0.260 e. The van der Waals surface area contributed by atoms with Gasteiger partial charge in [-0.3, -0.25) is 9.69 Å². The zero-order valence-electron chi connectivity index (χ0n) is 14.4. The van der Waals surface area contributed by atoms with Crippen LogP contribution in [-0.4, -0.2) is 48.5 Å². The molecule has 1 amide bonds. The molecule has 0 unspecified atom stereocenters. The monoisotopic (exact) mass is 446 g/mol. The molecule has 2 aromatic rings. The standard InChI is InChI=1S/C19H18Cl4N2O2/c20-14-3-1-13(2-4-14)11-24-7-9-25(10-8-24)17(26)12-27-16-6-5-15(21)18(22)19(16)23/h1-6H,7-12H2. The van der Waals surface area contributed by atoms with Crippen molar-refractivity contribution in [2.75, 3.05) is 32.8 Å². The number of halogens is 4. The van der Waals surface area contributed by atoms with Crippen LogP contribution in [0, 0.1) is 0 Å². The summed E-state index contributed by atoms with van der Waals surface area (Å²) in [5.41, 5.74) is 1.21. The SMILES string of the molecule is O=C(COc1ccc(Cl)c(Cl)c1Cl)N1CCN(Cc2ccc(Cl)cc2)CC1. The number of hydrogen-bond acceptors (Lipinski definition) is 3. The Kier molecular flexibility index (Phi) is 7.12. The summed E-state index contributed by atoms with van der Waals surface area (Å²) in [4.78, 5) is 16.5. The third-order valence-corrected chi connectivity index (χ3v) is 5.92. The summed E-state index contributed by atoms with van der Waals surface area (Å²) in [6.07, 6.45) is 0. The van der Waals surface area contributed by atoms with Gasteiger partial charge in [0.2, 0.25) is 0 Å². The Morgan fingerprint density at radius 1 is 0.889 bits per heavy atom. The van der Waals surface area contributed by atoms with E-state index in [2.05, 4.69) is 4.90 Å². The molecule has 1 fully saturated rings. The first-order valence-electron chi connectivity index (χ1n) is 8.45. The Hall–Kier alpha value is -1.17. The summed E-state index contributed by atoms with van der Waals surface area (Å²) in [7, 11) is 0. The second kappa shape index (κ2) is 9.35. The molecule has 4 nitrogen and oxygen atoms in total. The number of benzene rings is 2. The largest absolute Gasteiger partial charge is 0.482 e. The van der Waals surface area contributed by atoms with Gasteiger partial charge >= 0.3 is 0 Å². The minimum absolute atomic E-state index is 0.0803. The van der Waals surface area contributed by atoms with Crippen LogP contribution in [0.5, 0.6) is 5.75 Å². The maximum absolute atomic E-state index is 12.4. The van der Waals surface area contributed by atoms with Crippen molar-refractivity contribution in [1.82, 2.24) is 9.80 Å². The minimum Gasteiger partial charge on any atom is -0.482 e. The van der Waals surface area contributed by atoms with Crippen LogP contribution in [0.15, 0.2) is 36.4 Å². The normalized spacial score (nSPS) is 15.0. The Balaban J connectivity index is 1.47. The van der Waals surface area contributed by atoms with Gasteiger partial charge in [-0.2, -0.15) is 0 Å². The maximum Gasteiger partial charge on any atom is 0.260 e. The van der Waals surface area contributed by atoms with Gasteiger partial charge in [0.25, 0.3) is 5.91 Å². The molecule has 0 atom stereocenters. The molecule has 1 saturated heterocycles. The van der Waals surface area contributed by atoms with Gasteiger partial charge < -0.3 is 9.64 Å². The first-order chi connectivity index (χ1) is 12.9. The van der Waals surface area contributed by atoms with E-state index in [9.17, 15) is 4.79 Å². The zero-order valence-corrected chi connectivity index (χ0v) is 17.5. The number of piperazine rings is 1. The topological polar surface area (TPSA) is 32.8 Å². The highest BCUT2D eigenvalue weighted by Crippen LogP contribution is 2.37. The van der Waals surface area contributed by atoms with Crippen LogP contribution in [0.3, 0.4) is 0 Å². The molecule has 1 aliphatic heterocycles. The molecule has 0 saturated carbocycles. The molecule has 1 aliphatic rings. The summed E-state index contributed by atoms with van der Waals surface area (Å²) in [5.74, 6) is 0.268. The molecule has 3 rings (SSSR count). The van der Waals surface area contributed by atoms with E-state index in [4.69, 9.17) is 51.1 Å². The van der Waals surface area contributed by atoms with Crippen LogP contribution < -0.4 is 4.74 Å². The summed E-state index contributed by atoms with van der Waals surface area (Å²) < 4.78 is 5.53. The molecule has 0 bridgehead atoms. The zero-order chi connectivity index (χ0) is 19.4. The predicted octanol–water partition coefficient (Wildman–Crippen LogP) is 5.02. The molecule has 27 heavy (non-hydrogen) atoms. The van der Waals surface area contributed by atoms with Crippen molar-refractivity contribution in [2.24, 2.45) is 0 Å². The van der Waals surface area contributed by atoms with E-state index in [1.807, 2.05) is 24.3 Å². The first-order valence-corrected chi connectivity index (χ1v) is 9.96. The Labute approximate surface area is 178 Å². The van der Waals surface area contributed by atoms with Crippen LogP contribution in [-0.2, 0) is 11.3 Å². The second-order valence-corrected chi connectivity index (χ2v) is 7.85. The van der Waals surface area contributed by atoms with Crippen LogP contribution in [0.25, 0.3) is 0 Å². The van der Waals surface area contributed by atoms with E-state index in [-0.39, 0.29) is 22.6 Å². The van der Waals surface area contributed by atoms with Crippen LogP contribution in [0.1, 0.15) is 5.56 Å². The number of nitrogens with zero attached hydrogens (tertiary/aromatic N) is 2. The van der Waals surface area contributed by atoms with E-state index in [0.717, 1.165) is 24.7 Å². The summed E-state index contributed by atoms with van der Waals surface area (Å²) in [6, 6.07) is 11.0. The lowest BCUT2D eigenvalue weighted by Gasteiger charge is -2.34. The number of carbonyl (C=O) groups is 1. The van der Waals surface area contributed by atoms with E-state index in [1.165, 1.54) is 5.56 Å². The van der Waals surface area contributed by atoms with Gasteiger partial charge in [-0.05, 0) is 29.8 Å². The van der Waals surface area contributed by atoms with E-state index < -0.39 is 0 Å². The fourth-order valence-corrected chi connectivity index (χ4v) is 3.56. The highest BCUT2D eigenvalue weighted by Gasteiger charge is 2.22. The number of ether oxygens (including phenoxy) is 1. The first kappa shape index (κ1) is 20.6. The van der Waals surface area contributed by atoms with Gasteiger partial charge in [-0.15, -0.1) is 0 Å². The fraction of sp³-hybridized carbons (Fsp3) is 0.316. The Morgan fingerprint density at radius 2 is 1.56 bits per heavy atom. The third-order valence-electron chi connectivity index (χ3n) is 4.40. The van der Waals surface area contributed by atoms with E-state index >= 15 is 0 Å². The Bertz CT molecular complexity index is 806. The lowest BCUT2D eigenvalue weighted by atomic mass is 10.2. The number of hydrogen-bond donors (Lipinski definition) is 0. The van der Waals surface area contributed by atoms with Crippen molar-refractivity contribution in [1.29, 1.82) is 0 Å². The van der Waals surface area contributed by atoms with Crippen molar-refractivity contribution < 1.29 is 9.53 Å². The van der Waals surface area contributed by atoms with Gasteiger partial charge in [0, 0.05) is 37.7 Å². The molecule has 1 heterocycles. The maximum atomic E-state index is 12.4. The van der Waals surface area contributed by atoms with Crippen LogP contribution in [0.2, 0.25) is 20.1 Å². The molecular formula is C19H18Cl4N2O2. The fourth-order valence-electron chi connectivity index (χ4n) is 2.85. The number of amides is 1. The second-order valence-electron chi connectivity index (χ2n) is 6.25. The molecule has 0 N–H and O–H groups in total. The van der Waals surface area contributed by atoms with Crippen molar-refractivity contribution in [3.63, 3.8) is 0 Å². The Morgan fingerprint density at radius 3 is 2.22 bits per heavy atom. The minimum atomic E-state index is -0.0884. The number of carbonyl (C=O) groups excluding carboxylic acids is 1. The van der Waals surface area contributed by atoms with Gasteiger partial charge in [-0.25, -0.2) is 0 Å². The van der Waals surface area contributed by atoms with Crippen LogP contribution >= 0.6 is 46.4 Å². The predicted molar refractivity (Wildman–Crippen MR) is 110 cm³/mol. The van der Waals surface area contributed by atoms with Gasteiger partial charge in [0.15, 0.2) is 6.61 Å². The quantitative estimate of drug-likeness (QED) is 0.603. The summed E-state index contributed by atoms with van der Waals surface area (Å²) in [5, 5.41) is 1.51. The highest BCUT2D eigenvalue weighted by atomic mass is 35.5. The molecule has 0 aliphatic carbocycles. The van der Waals surface area contributed by atoms with Gasteiger partial charge in [0.05, 0.1) is 10.0 Å². The van der Waals surface area contributed by atoms with Crippen molar-refractivity contribution in [3.05, 3.63) is 62.1 Å².